The smallest absolute Gasteiger partial charge is 0.137 e. The summed E-state index contributed by atoms with van der Waals surface area (Å²) in [4.78, 5) is 2.33. The molecule has 0 aliphatic carbocycles. The molecule has 10 aromatic carbocycles. The lowest BCUT2D eigenvalue weighted by molar-refractivity contribution is 0.669. The zero-order chi connectivity index (χ0) is 40.3. The first-order valence-corrected chi connectivity index (χ1v) is 20.8. The molecule has 2 aromatic heterocycles. The van der Waals surface area contributed by atoms with Gasteiger partial charge in [-0.25, -0.2) is 0 Å². The zero-order valence-electron chi connectivity index (χ0n) is 33.2. The van der Waals surface area contributed by atoms with Gasteiger partial charge in [-0.2, -0.15) is 0 Å². The minimum atomic E-state index is 0.844. The fourth-order valence-electron chi connectivity index (χ4n) is 9.41. The molecule has 0 unspecified atom stereocenters. The molecule has 0 N–H and O–H groups in total. The summed E-state index contributed by atoms with van der Waals surface area (Å²) in [7, 11) is 0. The predicted molar refractivity (Wildman–Crippen MR) is 257 cm³/mol. The third-order valence-electron chi connectivity index (χ3n) is 12.2. The summed E-state index contributed by atoms with van der Waals surface area (Å²) in [5.74, 6) is 0. The van der Waals surface area contributed by atoms with Gasteiger partial charge in [0.25, 0.3) is 0 Å². The van der Waals surface area contributed by atoms with Crippen LogP contribution in [0.3, 0.4) is 0 Å². The Morgan fingerprint density at radius 3 is 1.67 bits per heavy atom. The first-order valence-electron chi connectivity index (χ1n) is 20.8. The van der Waals surface area contributed by atoms with Gasteiger partial charge in [0, 0.05) is 55.9 Å². The van der Waals surface area contributed by atoms with Crippen molar-refractivity contribution in [1.82, 2.24) is 4.57 Å². The van der Waals surface area contributed by atoms with E-state index in [2.05, 4.69) is 240 Å². The van der Waals surface area contributed by atoms with Gasteiger partial charge in [0.2, 0.25) is 0 Å². The van der Waals surface area contributed by atoms with E-state index < -0.39 is 0 Å². The van der Waals surface area contributed by atoms with Gasteiger partial charge in [0.15, 0.2) is 0 Å². The first-order chi connectivity index (χ1) is 30.3. The number of hydrogen-bond acceptors (Lipinski definition) is 2. The van der Waals surface area contributed by atoms with Gasteiger partial charge >= 0.3 is 0 Å². The van der Waals surface area contributed by atoms with Crippen molar-refractivity contribution in [1.29, 1.82) is 0 Å². The highest BCUT2D eigenvalue weighted by atomic mass is 16.3. The molecule has 0 aliphatic rings. The summed E-state index contributed by atoms with van der Waals surface area (Å²) in [6.45, 7) is 0. The molecule has 12 rings (SSSR count). The molecule has 286 valence electrons. The van der Waals surface area contributed by atoms with Crippen molar-refractivity contribution in [3.8, 4) is 39.1 Å². The minimum absolute atomic E-state index is 0.844. The van der Waals surface area contributed by atoms with Crippen molar-refractivity contribution in [2.45, 2.75) is 0 Å². The van der Waals surface area contributed by atoms with Crippen molar-refractivity contribution in [3.63, 3.8) is 0 Å². The molecular formula is C58H38N2O. The molecule has 3 heteroatoms. The summed E-state index contributed by atoms with van der Waals surface area (Å²) in [6, 6.07) is 82.6. The highest BCUT2D eigenvalue weighted by Crippen LogP contribution is 2.46. The number of anilines is 3. The van der Waals surface area contributed by atoms with Crippen molar-refractivity contribution in [2.24, 2.45) is 0 Å². The van der Waals surface area contributed by atoms with Crippen LogP contribution in [-0.4, -0.2) is 4.57 Å². The Bertz CT molecular complexity index is 3570. The normalized spacial score (nSPS) is 11.6. The summed E-state index contributed by atoms with van der Waals surface area (Å²) in [6.07, 6.45) is 0. The van der Waals surface area contributed by atoms with Crippen LogP contribution in [0.25, 0.3) is 93.6 Å². The van der Waals surface area contributed by atoms with Crippen LogP contribution in [-0.2, 0) is 0 Å². The fraction of sp³-hybridized carbons (Fsp3) is 0. The average Bonchev–Trinajstić information content (AvgIpc) is 3.88. The Morgan fingerprint density at radius 1 is 0.328 bits per heavy atom. The number of hydrogen-bond donors (Lipinski definition) is 0. The van der Waals surface area contributed by atoms with Crippen molar-refractivity contribution < 1.29 is 4.42 Å². The van der Waals surface area contributed by atoms with E-state index in [1.807, 2.05) is 0 Å². The zero-order valence-corrected chi connectivity index (χ0v) is 33.2. The highest BCUT2D eigenvalue weighted by Gasteiger charge is 2.22. The second kappa shape index (κ2) is 14.3. The quantitative estimate of drug-likeness (QED) is 0.161. The topological polar surface area (TPSA) is 21.3 Å². The summed E-state index contributed by atoms with van der Waals surface area (Å²) < 4.78 is 9.42. The predicted octanol–water partition coefficient (Wildman–Crippen LogP) is 16.3. The number of fused-ring (bicyclic) bond motifs is 8. The number of para-hydroxylation sites is 3. The monoisotopic (exact) mass is 778 g/mol. The van der Waals surface area contributed by atoms with E-state index in [4.69, 9.17) is 4.42 Å². The fourth-order valence-corrected chi connectivity index (χ4v) is 9.41. The maximum absolute atomic E-state index is 7.01. The van der Waals surface area contributed by atoms with Crippen LogP contribution in [0.5, 0.6) is 0 Å². The van der Waals surface area contributed by atoms with Crippen LogP contribution in [0.15, 0.2) is 235 Å². The van der Waals surface area contributed by atoms with Crippen LogP contribution in [0.1, 0.15) is 0 Å². The molecule has 0 saturated carbocycles. The Balaban J connectivity index is 1.06. The van der Waals surface area contributed by atoms with Gasteiger partial charge in [0.05, 0.1) is 11.0 Å². The van der Waals surface area contributed by atoms with Crippen LogP contribution >= 0.6 is 0 Å². The van der Waals surface area contributed by atoms with Crippen LogP contribution in [0.4, 0.5) is 17.1 Å². The summed E-state index contributed by atoms with van der Waals surface area (Å²) in [5, 5.41) is 7.04. The third-order valence-corrected chi connectivity index (χ3v) is 12.2. The van der Waals surface area contributed by atoms with Crippen LogP contribution in [0, 0.1) is 0 Å². The Kier molecular flexibility index (Phi) is 8.17. The molecule has 2 heterocycles. The SMILES string of the molecule is c1ccc(-c2ccc(N(c3cccc(-c4ccccc4)c3)c3ccc4c(c3)oc3cc(-c5cccc6c7ccccc7n(-c7ccccc7)c56)c5ccccc5c34)cc2)cc1. The van der Waals surface area contributed by atoms with Gasteiger partial charge in [-0.3, -0.25) is 0 Å². The maximum Gasteiger partial charge on any atom is 0.137 e. The highest BCUT2D eigenvalue weighted by molar-refractivity contribution is 6.24. The summed E-state index contributed by atoms with van der Waals surface area (Å²) >= 11 is 0. The second-order valence-electron chi connectivity index (χ2n) is 15.7. The van der Waals surface area contributed by atoms with Gasteiger partial charge in [-0.15, -0.1) is 0 Å². The van der Waals surface area contributed by atoms with Crippen molar-refractivity contribution >= 4 is 71.6 Å². The number of benzene rings is 10. The standard InChI is InChI=1S/C58H38N2O/c1-4-16-39(17-5-1)41-30-32-44(33-31-41)59(45-23-14-20-42(36-45)40-18-6-2-7-19-40)46-34-35-52-55(37-46)61-56-38-53(47-24-10-11-26-49(47)57(52)56)51-28-15-27-50-48-25-12-13-29-54(48)60(58(50)51)43-21-8-3-9-22-43/h1-38H. The van der Waals surface area contributed by atoms with Gasteiger partial charge in [-0.1, -0.05) is 164 Å². The van der Waals surface area contributed by atoms with Crippen LogP contribution in [0.2, 0.25) is 0 Å². The second-order valence-corrected chi connectivity index (χ2v) is 15.7. The van der Waals surface area contributed by atoms with Gasteiger partial charge in [-0.05, 0) is 99.3 Å². The van der Waals surface area contributed by atoms with Gasteiger partial charge < -0.3 is 13.9 Å². The molecule has 0 spiro atoms. The number of furan rings is 1. The van der Waals surface area contributed by atoms with E-state index in [1.54, 1.807) is 0 Å². The molecule has 0 atom stereocenters. The lowest BCUT2D eigenvalue weighted by Gasteiger charge is -2.26. The number of aromatic nitrogens is 1. The largest absolute Gasteiger partial charge is 0.456 e. The lowest BCUT2D eigenvalue weighted by Crippen LogP contribution is -2.10. The lowest BCUT2D eigenvalue weighted by atomic mass is 9.93. The van der Waals surface area contributed by atoms with Gasteiger partial charge in [0.1, 0.15) is 11.2 Å². The van der Waals surface area contributed by atoms with E-state index in [0.717, 1.165) is 55.8 Å². The molecule has 0 radical (unpaired) electrons. The molecule has 0 saturated heterocycles. The van der Waals surface area contributed by atoms with E-state index in [-0.39, 0.29) is 0 Å². The van der Waals surface area contributed by atoms with Crippen molar-refractivity contribution in [3.05, 3.63) is 231 Å². The molecule has 0 bridgehead atoms. The van der Waals surface area contributed by atoms with E-state index >= 15 is 0 Å². The van der Waals surface area contributed by atoms with E-state index in [1.165, 1.54) is 54.8 Å². The Hall–Kier alpha value is -8.14. The third kappa shape index (κ3) is 5.82. The number of rotatable bonds is 7. The molecule has 3 nitrogen and oxygen atoms in total. The molecule has 12 aromatic rings. The molecular weight excluding hydrogens is 741 g/mol. The Labute approximate surface area is 353 Å². The maximum atomic E-state index is 7.01. The number of nitrogens with zero attached hydrogens (tertiary/aromatic N) is 2. The molecule has 0 amide bonds. The molecule has 61 heavy (non-hydrogen) atoms. The van der Waals surface area contributed by atoms with E-state index in [0.29, 0.717) is 0 Å². The Morgan fingerprint density at radius 2 is 0.902 bits per heavy atom. The molecule has 0 fully saturated rings. The van der Waals surface area contributed by atoms with Crippen LogP contribution < -0.4 is 4.90 Å². The summed E-state index contributed by atoms with van der Waals surface area (Å²) in [5.41, 5.74) is 15.4. The molecule has 0 aliphatic heterocycles. The average molecular weight is 779 g/mol. The minimum Gasteiger partial charge on any atom is -0.456 e. The first kappa shape index (κ1) is 34.9. The van der Waals surface area contributed by atoms with Crippen molar-refractivity contribution in [2.75, 3.05) is 4.90 Å². The van der Waals surface area contributed by atoms with E-state index in [9.17, 15) is 0 Å².